The molecule has 0 atom stereocenters. The zero-order valence-electron chi connectivity index (χ0n) is 7.49. The number of carboxylic acids is 1. The highest BCUT2D eigenvalue weighted by molar-refractivity contribution is 8.01. The van der Waals surface area contributed by atoms with Crippen molar-refractivity contribution in [2.45, 2.75) is 5.54 Å². The van der Waals surface area contributed by atoms with Gasteiger partial charge in [0.25, 0.3) is 0 Å². The molecular weight excluding hydrogens is 206 g/mol. The molecule has 0 aliphatic carbocycles. The van der Waals surface area contributed by atoms with Gasteiger partial charge in [0.2, 0.25) is 0 Å². The fraction of sp³-hybridized carbons (Fsp3) is 0.500. The summed E-state index contributed by atoms with van der Waals surface area (Å²) in [5, 5.41) is 11.2. The summed E-state index contributed by atoms with van der Waals surface area (Å²) in [5.74, 6) is -0.261. The molecule has 6 heteroatoms. The first-order chi connectivity index (χ1) is 6.60. The second-order valence-electron chi connectivity index (χ2n) is 2.89. The SMILES string of the molecule is C=CCOC(=O)NC1(C(=O)O)CSC1. The molecule has 1 rings (SSSR count). The van der Waals surface area contributed by atoms with Crippen molar-refractivity contribution in [1.82, 2.24) is 5.32 Å². The highest BCUT2D eigenvalue weighted by atomic mass is 32.2. The van der Waals surface area contributed by atoms with E-state index in [0.717, 1.165) is 0 Å². The Kier molecular flexibility index (Phi) is 3.40. The van der Waals surface area contributed by atoms with Crippen molar-refractivity contribution in [2.24, 2.45) is 0 Å². The summed E-state index contributed by atoms with van der Waals surface area (Å²) in [5.41, 5.74) is -1.14. The standard InChI is InChI=1S/C8H11NO4S/c1-2-3-13-7(12)9-8(6(10)11)4-14-5-8/h2H,1,3-5H2,(H,9,12)(H,10,11). The second kappa shape index (κ2) is 4.36. The van der Waals surface area contributed by atoms with Gasteiger partial charge in [0.05, 0.1) is 0 Å². The number of carboxylic acid groups (broad SMARTS) is 1. The van der Waals surface area contributed by atoms with E-state index in [2.05, 4.69) is 16.6 Å². The van der Waals surface area contributed by atoms with E-state index in [1.54, 1.807) is 0 Å². The maximum absolute atomic E-state index is 11.1. The van der Waals surface area contributed by atoms with Crippen molar-refractivity contribution in [3.63, 3.8) is 0 Å². The van der Waals surface area contributed by atoms with Crippen LogP contribution in [0.2, 0.25) is 0 Å². The van der Waals surface area contributed by atoms with Crippen LogP contribution in [0.3, 0.4) is 0 Å². The number of aliphatic carboxylic acids is 1. The van der Waals surface area contributed by atoms with E-state index in [4.69, 9.17) is 5.11 Å². The summed E-state index contributed by atoms with van der Waals surface area (Å²) in [6, 6.07) is 0. The van der Waals surface area contributed by atoms with Crippen LogP contribution in [0.4, 0.5) is 4.79 Å². The van der Waals surface area contributed by atoms with Crippen LogP contribution in [0, 0.1) is 0 Å². The number of alkyl carbamates (subject to hydrolysis) is 1. The number of rotatable bonds is 4. The third-order valence-corrected chi connectivity index (χ3v) is 3.17. The molecule has 1 saturated heterocycles. The third kappa shape index (κ3) is 2.20. The molecule has 0 spiro atoms. The van der Waals surface area contributed by atoms with Crippen molar-refractivity contribution in [2.75, 3.05) is 18.1 Å². The minimum Gasteiger partial charge on any atom is -0.479 e. The van der Waals surface area contributed by atoms with Crippen LogP contribution in [-0.2, 0) is 9.53 Å². The maximum atomic E-state index is 11.1. The molecule has 1 aliphatic rings. The molecule has 0 saturated carbocycles. The van der Waals surface area contributed by atoms with Crippen molar-refractivity contribution in [3.05, 3.63) is 12.7 Å². The Morgan fingerprint density at radius 3 is 2.64 bits per heavy atom. The monoisotopic (exact) mass is 217 g/mol. The summed E-state index contributed by atoms with van der Waals surface area (Å²) in [6.45, 7) is 3.45. The smallest absolute Gasteiger partial charge is 0.408 e. The Balaban J connectivity index is 2.44. The topological polar surface area (TPSA) is 75.6 Å². The Hall–Kier alpha value is -1.17. The largest absolute Gasteiger partial charge is 0.479 e. The molecule has 14 heavy (non-hydrogen) atoms. The summed E-state index contributed by atoms with van der Waals surface area (Å²) in [4.78, 5) is 21.9. The number of ether oxygens (including phenoxy) is 1. The van der Waals surface area contributed by atoms with E-state index in [9.17, 15) is 9.59 Å². The molecule has 0 aromatic heterocycles. The number of carbonyl (C=O) groups is 2. The van der Waals surface area contributed by atoms with Gasteiger partial charge in [0.15, 0.2) is 5.54 Å². The lowest BCUT2D eigenvalue weighted by atomic mass is 10.1. The molecule has 0 unspecified atom stereocenters. The highest BCUT2D eigenvalue weighted by Crippen LogP contribution is 2.29. The summed E-state index contributed by atoms with van der Waals surface area (Å²) in [6.07, 6.45) is 0.704. The Labute approximate surface area is 85.5 Å². The lowest BCUT2D eigenvalue weighted by Crippen LogP contribution is -2.63. The minimum atomic E-state index is -1.14. The van der Waals surface area contributed by atoms with Crippen LogP contribution >= 0.6 is 11.8 Å². The summed E-state index contributed by atoms with van der Waals surface area (Å²) in [7, 11) is 0. The van der Waals surface area contributed by atoms with Crippen LogP contribution in [0.1, 0.15) is 0 Å². The molecule has 1 aliphatic heterocycles. The van der Waals surface area contributed by atoms with Gasteiger partial charge in [-0.2, -0.15) is 11.8 Å². The normalized spacial score (nSPS) is 17.7. The van der Waals surface area contributed by atoms with Crippen LogP contribution in [0.5, 0.6) is 0 Å². The number of thioether (sulfide) groups is 1. The molecule has 1 amide bonds. The van der Waals surface area contributed by atoms with Crippen molar-refractivity contribution in [1.29, 1.82) is 0 Å². The zero-order chi connectivity index (χ0) is 10.6. The van der Waals surface area contributed by atoms with Crippen LogP contribution in [-0.4, -0.2) is 40.8 Å². The van der Waals surface area contributed by atoms with E-state index >= 15 is 0 Å². The fourth-order valence-electron chi connectivity index (χ4n) is 0.921. The average Bonchev–Trinajstić information content (AvgIpc) is 2.07. The van der Waals surface area contributed by atoms with Gasteiger partial charge in [-0.1, -0.05) is 12.7 Å². The predicted octanol–water partition coefficient (Wildman–Crippen LogP) is 0.469. The molecule has 1 heterocycles. The molecule has 78 valence electrons. The first kappa shape index (κ1) is 10.9. The van der Waals surface area contributed by atoms with Gasteiger partial charge in [-0.25, -0.2) is 9.59 Å². The van der Waals surface area contributed by atoms with Gasteiger partial charge in [-0.3, -0.25) is 0 Å². The lowest BCUT2D eigenvalue weighted by Gasteiger charge is -2.36. The predicted molar refractivity (Wildman–Crippen MR) is 52.4 cm³/mol. The van der Waals surface area contributed by atoms with E-state index < -0.39 is 17.6 Å². The van der Waals surface area contributed by atoms with Gasteiger partial charge in [0, 0.05) is 11.5 Å². The first-order valence-corrected chi connectivity index (χ1v) is 5.13. The maximum Gasteiger partial charge on any atom is 0.408 e. The number of nitrogens with one attached hydrogen (secondary N) is 1. The highest BCUT2D eigenvalue weighted by Gasteiger charge is 2.47. The third-order valence-electron chi connectivity index (χ3n) is 1.78. The quantitative estimate of drug-likeness (QED) is 0.669. The van der Waals surface area contributed by atoms with Crippen molar-refractivity contribution >= 4 is 23.8 Å². The average molecular weight is 217 g/mol. The van der Waals surface area contributed by atoms with Gasteiger partial charge in [-0.15, -0.1) is 0 Å². The van der Waals surface area contributed by atoms with Gasteiger partial charge in [-0.05, 0) is 0 Å². The number of hydrogen-bond donors (Lipinski definition) is 2. The van der Waals surface area contributed by atoms with Gasteiger partial charge < -0.3 is 15.2 Å². The van der Waals surface area contributed by atoms with E-state index in [1.165, 1.54) is 17.8 Å². The van der Waals surface area contributed by atoms with Crippen molar-refractivity contribution in [3.8, 4) is 0 Å². The molecule has 0 bridgehead atoms. The number of carbonyl (C=O) groups excluding carboxylic acids is 1. The molecular formula is C8H11NO4S. The van der Waals surface area contributed by atoms with Gasteiger partial charge >= 0.3 is 12.1 Å². The Bertz CT molecular complexity index is 262. The summed E-state index contributed by atoms with van der Waals surface area (Å²) >= 11 is 1.47. The molecule has 2 N–H and O–H groups in total. The van der Waals surface area contributed by atoms with Crippen LogP contribution < -0.4 is 5.32 Å². The van der Waals surface area contributed by atoms with Crippen LogP contribution in [0.25, 0.3) is 0 Å². The Morgan fingerprint density at radius 1 is 1.64 bits per heavy atom. The minimum absolute atomic E-state index is 0.0781. The zero-order valence-corrected chi connectivity index (χ0v) is 8.30. The van der Waals surface area contributed by atoms with E-state index in [-0.39, 0.29) is 6.61 Å². The Morgan fingerprint density at radius 2 is 2.29 bits per heavy atom. The first-order valence-electron chi connectivity index (χ1n) is 3.98. The lowest BCUT2D eigenvalue weighted by molar-refractivity contribution is -0.143. The van der Waals surface area contributed by atoms with Gasteiger partial charge in [0.1, 0.15) is 6.61 Å². The number of hydrogen-bond acceptors (Lipinski definition) is 4. The molecule has 0 radical (unpaired) electrons. The number of amides is 1. The second-order valence-corrected chi connectivity index (χ2v) is 3.88. The molecule has 1 fully saturated rings. The fourth-order valence-corrected chi connectivity index (χ4v) is 1.93. The summed E-state index contributed by atoms with van der Waals surface area (Å²) < 4.78 is 4.63. The van der Waals surface area contributed by atoms with E-state index in [0.29, 0.717) is 11.5 Å². The van der Waals surface area contributed by atoms with Crippen molar-refractivity contribution < 1.29 is 19.4 Å². The molecule has 0 aromatic rings. The van der Waals surface area contributed by atoms with E-state index in [1.807, 2.05) is 0 Å². The molecule has 0 aromatic carbocycles. The molecule has 5 nitrogen and oxygen atoms in total. The van der Waals surface area contributed by atoms with Crippen LogP contribution in [0.15, 0.2) is 12.7 Å².